The maximum absolute atomic E-state index is 12.6. The number of nitrogens with one attached hydrogen (secondary N) is 1. The summed E-state index contributed by atoms with van der Waals surface area (Å²) in [6.45, 7) is 5.04. The van der Waals surface area contributed by atoms with Crippen molar-refractivity contribution in [2.24, 2.45) is 0 Å². The Morgan fingerprint density at radius 3 is 2.45 bits per heavy atom. The maximum Gasteiger partial charge on any atom is 0.236 e. The lowest BCUT2D eigenvalue weighted by atomic mass is 10.0. The lowest BCUT2D eigenvalue weighted by Gasteiger charge is -2.28. The number of morpholine rings is 1. The van der Waals surface area contributed by atoms with Crippen LogP contribution in [0.3, 0.4) is 0 Å². The van der Waals surface area contributed by atoms with Crippen LogP contribution in [0, 0.1) is 6.92 Å². The van der Waals surface area contributed by atoms with Crippen molar-refractivity contribution in [1.82, 2.24) is 9.97 Å². The number of nitrogens with zero attached hydrogens (tertiary/aromatic N) is 3. The molecule has 1 aromatic heterocycles. The van der Waals surface area contributed by atoms with Crippen molar-refractivity contribution in [3.05, 3.63) is 82.8 Å². The third-order valence-corrected chi connectivity index (χ3v) is 7.20. The van der Waals surface area contributed by atoms with Crippen LogP contribution >= 0.6 is 0 Å². The molecule has 0 radical (unpaired) electrons. The van der Waals surface area contributed by atoms with Crippen LogP contribution in [0.15, 0.2) is 54.9 Å². The van der Waals surface area contributed by atoms with Crippen molar-refractivity contribution in [3.8, 4) is 0 Å². The van der Waals surface area contributed by atoms with E-state index in [1.807, 2.05) is 43.3 Å². The van der Waals surface area contributed by atoms with Crippen molar-refractivity contribution in [2.75, 3.05) is 35.9 Å². The van der Waals surface area contributed by atoms with Crippen LogP contribution in [0.4, 0.5) is 11.5 Å². The Labute approximate surface area is 194 Å². The van der Waals surface area contributed by atoms with E-state index in [0.29, 0.717) is 18.9 Å². The highest BCUT2D eigenvalue weighted by Crippen LogP contribution is 2.35. The number of aryl methyl sites for hydroxylation is 1. The zero-order valence-electron chi connectivity index (χ0n) is 18.5. The van der Waals surface area contributed by atoms with E-state index in [1.165, 1.54) is 0 Å². The van der Waals surface area contributed by atoms with Gasteiger partial charge >= 0.3 is 0 Å². The third kappa shape index (κ3) is 4.91. The molecule has 0 unspecified atom stereocenters. The van der Waals surface area contributed by atoms with Crippen molar-refractivity contribution in [1.29, 1.82) is 0 Å². The van der Waals surface area contributed by atoms with E-state index in [9.17, 15) is 8.42 Å². The average molecular weight is 463 g/mol. The second kappa shape index (κ2) is 8.96. The summed E-state index contributed by atoms with van der Waals surface area (Å²) in [4.78, 5) is 11.3. The van der Waals surface area contributed by atoms with Crippen molar-refractivity contribution in [3.63, 3.8) is 0 Å². The molecule has 2 aliphatic rings. The van der Waals surface area contributed by atoms with E-state index in [1.54, 1.807) is 18.5 Å². The van der Waals surface area contributed by atoms with Gasteiger partial charge in [0.05, 0.1) is 24.7 Å². The van der Waals surface area contributed by atoms with Gasteiger partial charge in [0.1, 0.15) is 12.1 Å². The number of aromatic nitrogens is 2. The zero-order valence-corrected chi connectivity index (χ0v) is 19.3. The maximum atomic E-state index is 12.6. The molecule has 2 heterocycles. The first-order valence-corrected chi connectivity index (χ1v) is 12.7. The van der Waals surface area contributed by atoms with Crippen LogP contribution in [0.25, 0.3) is 11.6 Å². The van der Waals surface area contributed by atoms with E-state index in [-0.39, 0.29) is 5.75 Å². The first kappa shape index (κ1) is 21.6. The molecule has 1 N–H and O–H groups in total. The molecule has 170 valence electrons. The summed E-state index contributed by atoms with van der Waals surface area (Å²) in [7, 11) is -3.49. The Morgan fingerprint density at radius 1 is 1.00 bits per heavy atom. The fourth-order valence-corrected chi connectivity index (χ4v) is 5.40. The molecule has 1 saturated heterocycles. The number of anilines is 2. The summed E-state index contributed by atoms with van der Waals surface area (Å²) in [6.07, 6.45) is 4.51. The van der Waals surface area contributed by atoms with Crippen LogP contribution in [-0.4, -0.2) is 44.7 Å². The van der Waals surface area contributed by atoms with Gasteiger partial charge < -0.3 is 9.64 Å². The van der Waals surface area contributed by atoms with Crippen molar-refractivity contribution < 1.29 is 13.2 Å². The highest BCUT2D eigenvalue weighted by Gasteiger charge is 2.23. The van der Waals surface area contributed by atoms with Gasteiger partial charge in [-0.15, -0.1) is 0 Å². The fraction of sp³-hybridized carbons (Fsp3) is 0.280. The summed E-state index contributed by atoms with van der Waals surface area (Å²) >= 11 is 0. The molecular formula is C25H26N4O3S. The zero-order chi connectivity index (χ0) is 22.8. The minimum atomic E-state index is -3.49. The monoisotopic (exact) mass is 462 g/mol. The topological polar surface area (TPSA) is 84.4 Å². The molecule has 1 fully saturated rings. The molecule has 0 atom stereocenters. The van der Waals surface area contributed by atoms with E-state index < -0.39 is 10.0 Å². The van der Waals surface area contributed by atoms with E-state index in [2.05, 4.69) is 25.7 Å². The SMILES string of the molecule is Cc1ccc(CS(=O)(=O)Nc2ccc(C3=Cc4c(ncnc4N4CCOCC4)C3)cc2)cc1. The Morgan fingerprint density at radius 2 is 1.73 bits per heavy atom. The molecule has 1 aliphatic carbocycles. The number of ether oxygens (including phenoxy) is 1. The molecule has 2 aromatic carbocycles. The lowest BCUT2D eigenvalue weighted by Crippen LogP contribution is -2.37. The highest BCUT2D eigenvalue weighted by atomic mass is 32.2. The number of hydrogen-bond acceptors (Lipinski definition) is 6. The predicted octanol–water partition coefficient (Wildman–Crippen LogP) is 3.66. The van der Waals surface area contributed by atoms with Gasteiger partial charge in [0.2, 0.25) is 10.0 Å². The smallest absolute Gasteiger partial charge is 0.236 e. The van der Waals surface area contributed by atoms with Gasteiger partial charge in [0.25, 0.3) is 0 Å². The highest BCUT2D eigenvalue weighted by molar-refractivity contribution is 7.91. The van der Waals surface area contributed by atoms with Crippen molar-refractivity contribution in [2.45, 2.75) is 19.1 Å². The molecule has 0 spiro atoms. The second-order valence-corrected chi connectivity index (χ2v) is 10.1. The average Bonchev–Trinajstić information content (AvgIpc) is 3.26. The molecule has 0 bridgehead atoms. The van der Waals surface area contributed by atoms with Crippen LogP contribution in [0.2, 0.25) is 0 Å². The first-order chi connectivity index (χ1) is 16.0. The number of fused-ring (bicyclic) bond motifs is 1. The quantitative estimate of drug-likeness (QED) is 0.602. The Hall–Kier alpha value is -3.23. The Kier molecular flexibility index (Phi) is 5.86. The molecular weight excluding hydrogens is 436 g/mol. The summed E-state index contributed by atoms with van der Waals surface area (Å²) in [5.41, 5.74) is 6.69. The Balaban J connectivity index is 1.30. The van der Waals surface area contributed by atoms with Gasteiger partial charge in [-0.2, -0.15) is 0 Å². The number of rotatable bonds is 6. The summed E-state index contributed by atoms with van der Waals surface area (Å²) in [6, 6.07) is 15.0. The van der Waals surface area contributed by atoms with Gasteiger partial charge in [-0.25, -0.2) is 18.4 Å². The molecule has 3 aromatic rings. The summed E-state index contributed by atoms with van der Waals surface area (Å²) in [5, 5.41) is 0. The van der Waals surface area contributed by atoms with E-state index in [0.717, 1.165) is 58.8 Å². The van der Waals surface area contributed by atoms with Gasteiger partial charge in [0.15, 0.2) is 0 Å². The molecule has 1 aliphatic heterocycles. The van der Waals surface area contributed by atoms with E-state index >= 15 is 0 Å². The van der Waals surface area contributed by atoms with Crippen LogP contribution in [0.1, 0.15) is 27.9 Å². The number of hydrogen-bond donors (Lipinski definition) is 1. The Bertz CT molecular complexity index is 1280. The molecule has 33 heavy (non-hydrogen) atoms. The van der Waals surface area contributed by atoms with E-state index in [4.69, 9.17) is 4.74 Å². The lowest BCUT2D eigenvalue weighted by molar-refractivity contribution is 0.122. The summed E-state index contributed by atoms with van der Waals surface area (Å²) in [5.74, 6) is 0.900. The van der Waals surface area contributed by atoms with Gasteiger partial charge in [-0.3, -0.25) is 4.72 Å². The van der Waals surface area contributed by atoms with Crippen LogP contribution in [0.5, 0.6) is 0 Å². The minimum absolute atomic E-state index is 0.0571. The third-order valence-electron chi connectivity index (χ3n) is 5.94. The molecule has 5 rings (SSSR count). The molecule has 7 nitrogen and oxygen atoms in total. The number of allylic oxidation sites excluding steroid dienone is 1. The summed E-state index contributed by atoms with van der Waals surface area (Å²) < 4.78 is 33.3. The predicted molar refractivity (Wildman–Crippen MR) is 131 cm³/mol. The van der Waals surface area contributed by atoms with Gasteiger partial charge in [-0.1, -0.05) is 42.0 Å². The minimum Gasteiger partial charge on any atom is -0.378 e. The standard InChI is InChI=1S/C25H26N4O3S/c1-18-2-4-19(5-3-18)16-33(30,31)28-22-8-6-20(7-9-22)21-14-23-24(15-21)26-17-27-25(23)29-10-12-32-13-11-29/h2-9,14,17,28H,10-13,15-16H2,1H3. The second-order valence-electron chi connectivity index (χ2n) is 8.43. The van der Waals surface area contributed by atoms with Crippen LogP contribution in [-0.2, 0) is 26.9 Å². The normalized spacial score (nSPS) is 15.8. The van der Waals surface area contributed by atoms with Gasteiger partial charge in [0, 0.05) is 30.8 Å². The van der Waals surface area contributed by atoms with Crippen molar-refractivity contribution >= 4 is 33.2 Å². The first-order valence-electron chi connectivity index (χ1n) is 11.0. The van der Waals surface area contributed by atoms with Gasteiger partial charge in [-0.05, 0) is 41.8 Å². The van der Waals surface area contributed by atoms with Crippen LogP contribution < -0.4 is 9.62 Å². The fourth-order valence-electron chi connectivity index (χ4n) is 4.20. The largest absolute Gasteiger partial charge is 0.378 e. The molecule has 0 amide bonds. The molecule has 0 saturated carbocycles. The molecule has 8 heteroatoms. The number of benzene rings is 2. The number of sulfonamides is 1.